The van der Waals surface area contributed by atoms with Gasteiger partial charge in [0, 0.05) is 24.9 Å². The Balaban J connectivity index is 0.00000180. The van der Waals surface area contributed by atoms with Gasteiger partial charge in [0.2, 0.25) is 0 Å². The van der Waals surface area contributed by atoms with Crippen molar-refractivity contribution in [2.75, 3.05) is 6.54 Å². The molecule has 0 aliphatic carbocycles. The van der Waals surface area contributed by atoms with Crippen molar-refractivity contribution < 1.29 is 0 Å². The molecule has 0 atom stereocenters. The summed E-state index contributed by atoms with van der Waals surface area (Å²) >= 11 is 1.67. The molecule has 2 aromatic heterocycles. The topological polar surface area (TPSA) is 63.3 Å². The van der Waals surface area contributed by atoms with E-state index in [1.54, 1.807) is 17.5 Å². The molecule has 3 N–H and O–H groups in total. The lowest BCUT2D eigenvalue weighted by molar-refractivity contribution is 0.828. The number of thiophene rings is 1. The molecule has 0 spiro atoms. The Kier molecular flexibility index (Phi) is 7.42. The van der Waals surface area contributed by atoms with Crippen molar-refractivity contribution in [2.24, 2.45) is 10.7 Å². The summed E-state index contributed by atoms with van der Waals surface area (Å²) in [6, 6.07) is 7.94. The van der Waals surface area contributed by atoms with E-state index in [4.69, 9.17) is 5.73 Å². The van der Waals surface area contributed by atoms with E-state index in [1.807, 2.05) is 23.6 Å². The first-order chi connectivity index (χ1) is 8.84. The number of nitrogens with zero attached hydrogens (tertiary/aromatic N) is 2. The number of hydrogen-bond acceptors (Lipinski definition) is 3. The SMILES string of the molecule is I.NC(=NCc1ccsc1)NCCc1ccccn1. The molecule has 0 aliphatic heterocycles. The van der Waals surface area contributed by atoms with Crippen LogP contribution in [0.2, 0.25) is 0 Å². The lowest BCUT2D eigenvalue weighted by Crippen LogP contribution is -2.33. The first-order valence-corrected chi connectivity index (χ1v) is 6.73. The normalized spacial score (nSPS) is 10.8. The zero-order valence-corrected chi connectivity index (χ0v) is 13.6. The fourth-order valence-corrected chi connectivity index (χ4v) is 2.14. The number of guanidine groups is 1. The summed E-state index contributed by atoms with van der Waals surface area (Å²) in [6.07, 6.45) is 2.64. The van der Waals surface area contributed by atoms with Gasteiger partial charge >= 0.3 is 0 Å². The molecule has 0 radical (unpaired) electrons. The lowest BCUT2D eigenvalue weighted by Gasteiger charge is -2.04. The second kappa shape index (κ2) is 8.87. The molecule has 2 aromatic rings. The molecule has 0 aromatic carbocycles. The van der Waals surface area contributed by atoms with E-state index in [2.05, 4.69) is 26.7 Å². The van der Waals surface area contributed by atoms with E-state index in [0.29, 0.717) is 12.5 Å². The minimum Gasteiger partial charge on any atom is -0.370 e. The van der Waals surface area contributed by atoms with Gasteiger partial charge in [-0.3, -0.25) is 4.98 Å². The van der Waals surface area contributed by atoms with Crippen LogP contribution in [-0.4, -0.2) is 17.5 Å². The zero-order chi connectivity index (χ0) is 12.6. The van der Waals surface area contributed by atoms with Crippen LogP contribution in [0.5, 0.6) is 0 Å². The number of aliphatic imine (C=N–C) groups is 1. The Morgan fingerprint density at radius 2 is 2.26 bits per heavy atom. The van der Waals surface area contributed by atoms with Crippen LogP contribution in [0.15, 0.2) is 46.2 Å². The average Bonchev–Trinajstić information content (AvgIpc) is 2.91. The summed E-state index contributed by atoms with van der Waals surface area (Å²) in [5, 5.41) is 7.20. The van der Waals surface area contributed by atoms with Crippen molar-refractivity contribution in [3.05, 3.63) is 52.5 Å². The van der Waals surface area contributed by atoms with Crippen molar-refractivity contribution >= 4 is 41.3 Å². The van der Waals surface area contributed by atoms with Crippen LogP contribution in [0.3, 0.4) is 0 Å². The highest BCUT2D eigenvalue weighted by Crippen LogP contribution is 2.06. The minimum atomic E-state index is 0. The summed E-state index contributed by atoms with van der Waals surface area (Å²) in [5.74, 6) is 0.483. The maximum Gasteiger partial charge on any atom is 0.188 e. The molecule has 19 heavy (non-hydrogen) atoms. The number of rotatable bonds is 5. The van der Waals surface area contributed by atoms with Gasteiger partial charge in [0.1, 0.15) is 0 Å². The fraction of sp³-hybridized carbons (Fsp3) is 0.231. The van der Waals surface area contributed by atoms with Gasteiger partial charge in [-0.1, -0.05) is 6.07 Å². The highest BCUT2D eigenvalue weighted by molar-refractivity contribution is 14.0. The number of hydrogen-bond donors (Lipinski definition) is 2. The summed E-state index contributed by atoms with van der Waals surface area (Å²) in [7, 11) is 0. The highest BCUT2D eigenvalue weighted by atomic mass is 127. The van der Waals surface area contributed by atoms with Gasteiger partial charge in [-0.2, -0.15) is 11.3 Å². The van der Waals surface area contributed by atoms with Crippen molar-refractivity contribution in [3.63, 3.8) is 0 Å². The van der Waals surface area contributed by atoms with Crippen LogP contribution in [0.4, 0.5) is 0 Å². The van der Waals surface area contributed by atoms with Crippen LogP contribution in [-0.2, 0) is 13.0 Å². The molecule has 4 nitrogen and oxygen atoms in total. The molecule has 0 bridgehead atoms. The summed E-state index contributed by atoms with van der Waals surface area (Å²) in [6.45, 7) is 1.38. The van der Waals surface area contributed by atoms with E-state index in [0.717, 1.165) is 18.7 Å². The molecule has 2 rings (SSSR count). The first-order valence-electron chi connectivity index (χ1n) is 5.79. The summed E-state index contributed by atoms with van der Waals surface area (Å²) in [5.41, 5.74) is 8.02. The van der Waals surface area contributed by atoms with Gasteiger partial charge in [-0.05, 0) is 34.5 Å². The van der Waals surface area contributed by atoms with Crippen molar-refractivity contribution in [3.8, 4) is 0 Å². The largest absolute Gasteiger partial charge is 0.370 e. The predicted octanol–water partition coefficient (Wildman–Crippen LogP) is 2.41. The number of pyridine rings is 1. The van der Waals surface area contributed by atoms with Gasteiger partial charge in [0.05, 0.1) is 6.54 Å². The quantitative estimate of drug-likeness (QED) is 0.470. The fourth-order valence-electron chi connectivity index (χ4n) is 1.48. The van der Waals surface area contributed by atoms with E-state index in [9.17, 15) is 0 Å². The summed E-state index contributed by atoms with van der Waals surface area (Å²) in [4.78, 5) is 8.51. The molecular weight excluding hydrogens is 371 g/mol. The molecule has 102 valence electrons. The first kappa shape index (κ1) is 15.9. The molecule has 0 saturated heterocycles. The van der Waals surface area contributed by atoms with Gasteiger partial charge in [0.25, 0.3) is 0 Å². The lowest BCUT2D eigenvalue weighted by atomic mass is 10.3. The Hall–Kier alpha value is -1.15. The number of halogens is 1. The molecule has 0 aliphatic rings. The van der Waals surface area contributed by atoms with E-state index >= 15 is 0 Å². The third-order valence-corrected chi connectivity index (χ3v) is 3.16. The molecular formula is C13H17IN4S. The summed E-state index contributed by atoms with van der Waals surface area (Å²) < 4.78 is 0. The van der Waals surface area contributed by atoms with Crippen LogP contribution in [0.25, 0.3) is 0 Å². The average molecular weight is 388 g/mol. The van der Waals surface area contributed by atoms with Crippen molar-refractivity contribution in [1.82, 2.24) is 10.3 Å². The van der Waals surface area contributed by atoms with Gasteiger partial charge in [-0.15, -0.1) is 24.0 Å². The van der Waals surface area contributed by atoms with Crippen LogP contribution >= 0.6 is 35.3 Å². The monoisotopic (exact) mass is 388 g/mol. The molecule has 0 amide bonds. The van der Waals surface area contributed by atoms with Crippen LogP contribution < -0.4 is 11.1 Å². The maximum absolute atomic E-state index is 5.78. The second-order valence-corrected chi connectivity index (χ2v) is 4.61. The standard InChI is InChI=1S/C13H16N4S.HI/c14-13(17-9-11-5-8-18-10-11)16-7-4-12-3-1-2-6-15-12;/h1-3,5-6,8,10H,4,7,9H2,(H3,14,16,17);1H. The van der Waals surface area contributed by atoms with E-state index in [1.165, 1.54) is 5.56 Å². The van der Waals surface area contributed by atoms with E-state index < -0.39 is 0 Å². The van der Waals surface area contributed by atoms with Crippen molar-refractivity contribution in [1.29, 1.82) is 0 Å². The van der Waals surface area contributed by atoms with Crippen molar-refractivity contribution in [2.45, 2.75) is 13.0 Å². The smallest absolute Gasteiger partial charge is 0.188 e. The maximum atomic E-state index is 5.78. The molecule has 6 heteroatoms. The second-order valence-electron chi connectivity index (χ2n) is 3.83. The Morgan fingerprint density at radius 1 is 1.37 bits per heavy atom. The van der Waals surface area contributed by atoms with Gasteiger partial charge in [-0.25, -0.2) is 4.99 Å². The minimum absolute atomic E-state index is 0. The molecule has 0 saturated carbocycles. The van der Waals surface area contributed by atoms with Crippen LogP contribution in [0.1, 0.15) is 11.3 Å². The zero-order valence-electron chi connectivity index (χ0n) is 10.5. The Morgan fingerprint density at radius 3 is 2.95 bits per heavy atom. The van der Waals surface area contributed by atoms with Crippen LogP contribution in [0, 0.1) is 0 Å². The third kappa shape index (κ3) is 6.02. The molecule has 0 unspecified atom stereocenters. The molecule has 0 fully saturated rings. The Bertz CT molecular complexity index is 485. The predicted molar refractivity (Wildman–Crippen MR) is 91.0 cm³/mol. The third-order valence-electron chi connectivity index (χ3n) is 2.43. The Labute approximate surface area is 134 Å². The highest BCUT2D eigenvalue weighted by Gasteiger charge is 1.95. The van der Waals surface area contributed by atoms with Gasteiger partial charge in [0.15, 0.2) is 5.96 Å². The van der Waals surface area contributed by atoms with Gasteiger partial charge < -0.3 is 11.1 Å². The number of aromatic nitrogens is 1. The molecule has 2 heterocycles. The number of nitrogens with one attached hydrogen (secondary N) is 1. The number of nitrogens with two attached hydrogens (primary N) is 1. The van der Waals surface area contributed by atoms with E-state index in [-0.39, 0.29) is 24.0 Å².